The Bertz CT molecular complexity index is 1570. The van der Waals surface area contributed by atoms with Gasteiger partial charge >= 0.3 is 6.18 Å². The fraction of sp³-hybridized carbons (Fsp3) is 0.379. The molecule has 5 rings (SSSR count). The molecular weight excluding hydrogens is 554 g/mol. The van der Waals surface area contributed by atoms with E-state index in [1.807, 2.05) is 11.9 Å². The zero-order chi connectivity index (χ0) is 30.2. The SMILES string of the molecule is Cc1cc2c(F)c(Oc3ncnc(Nc4ccc(CN5CCN(C)CC5)c(C(F)(F)F)c4)c3C(O)N(C)C)ccc2[nH]1. The van der Waals surface area contributed by atoms with Crippen LogP contribution in [0.1, 0.15) is 28.6 Å². The summed E-state index contributed by atoms with van der Waals surface area (Å²) in [7, 11) is 5.17. The van der Waals surface area contributed by atoms with Gasteiger partial charge in [0.15, 0.2) is 11.6 Å². The van der Waals surface area contributed by atoms with Crippen LogP contribution in [0.25, 0.3) is 10.9 Å². The number of hydrogen-bond donors (Lipinski definition) is 3. The number of aromatic amines is 1. The van der Waals surface area contributed by atoms with Crippen molar-refractivity contribution >= 4 is 22.4 Å². The van der Waals surface area contributed by atoms with Gasteiger partial charge in [-0.15, -0.1) is 0 Å². The number of nitrogens with one attached hydrogen (secondary N) is 2. The number of aryl methyl sites for hydroxylation is 1. The van der Waals surface area contributed by atoms with Crippen molar-refractivity contribution in [3.8, 4) is 11.6 Å². The number of benzene rings is 2. The van der Waals surface area contributed by atoms with Crippen molar-refractivity contribution in [1.29, 1.82) is 0 Å². The van der Waals surface area contributed by atoms with Gasteiger partial charge in [-0.1, -0.05) is 6.07 Å². The number of aliphatic hydroxyl groups excluding tert-OH is 1. The smallest absolute Gasteiger partial charge is 0.416 e. The molecule has 0 aliphatic carbocycles. The topological polar surface area (TPSA) is 92.8 Å². The molecule has 9 nitrogen and oxygen atoms in total. The van der Waals surface area contributed by atoms with E-state index < -0.39 is 23.8 Å². The number of fused-ring (bicyclic) bond motifs is 1. The lowest BCUT2D eigenvalue weighted by atomic mass is 10.0. The summed E-state index contributed by atoms with van der Waals surface area (Å²) in [5, 5.41) is 14.2. The summed E-state index contributed by atoms with van der Waals surface area (Å²) in [5.74, 6) is -0.894. The van der Waals surface area contributed by atoms with Crippen molar-refractivity contribution in [2.45, 2.75) is 25.9 Å². The summed E-state index contributed by atoms with van der Waals surface area (Å²) in [6, 6.07) is 8.76. The van der Waals surface area contributed by atoms with Crippen LogP contribution in [0, 0.1) is 12.7 Å². The summed E-state index contributed by atoms with van der Waals surface area (Å²) in [5.41, 5.74) is 0.908. The maximum absolute atomic E-state index is 15.3. The van der Waals surface area contributed by atoms with Gasteiger partial charge in [-0.3, -0.25) is 9.80 Å². The van der Waals surface area contributed by atoms with E-state index >= 15 is 4.39 Å². The second kappa shape index (κ2) is 11.8. The summed E-state index contributed by atoms with van der Waals surface area (Å²) in [6.45, 7) is 4.92. The Balaban J connectivity index is 1.48. The number of rotatable bonds is 8. The van der Waals surface area contributed by atoms with Crippen LogP contribution in [0.4, 0.5) is 29.1 Å². The first kappa shape index (κ1) is 29.7. The molecule has 42 heavy (non-hydrogen) atoms. The molecule has 1 aliphatic rings. The van der Waals surface area contributed by atoms with Crippen LogP contribution in [-0.4, -0.2) is 82.1 Å². The number of aromatic nitrogens is 3. The van der Waals surface area contributed by atoms with Crippen molar-refractivity contribution in [3.05, 3.63) is 70.9 Å². The second-order valence-electron chi connectivity index (χ2n) is 10.7. The van der Waals surface area contributed by atoms with E-state index in [-0.39, 0.29) is 40.8 Å². The molecule has 2 aromatic heterocycles. The third-order valence-electron chi connectivity index (χ3n) is 7.31. The largest absolute Gasteiger partial charge is 0.435 e. The fourth-order valence-corrected chi connectivity index (χ4v) is 4.96. The number of hydrogen-bond acceptors (Lipinski definition) is 8. The minimum atomic E-state index is -4.59. The molecule has 0 saturated carbocycles. The van der Waals surface area contributed by atoms with Crippen LogP contribution in [-0.2, 0) is 12.7 Å². The standard InChI is InChI=1S/C29H33F4N7O2/c1-17-13-20-22(36-17)7-8-23(25(20)30)42-27-24(28(41)38(2)3)26(34-16-35-27)37-19-6-5-18(21(14-19)29(31,32)33)15-40-11-9-39(4)10-12-40/h5-8,13-14,16,28,36,41H,9-12,15H2,1-4H3,(H,34,35,37). The molecule has 3 N–H and O–H groups in total. The molecule has 0 spiro atoms. The second-order valence-corrected chi connectivity index (χ2v) is 10.7. The Hall–Kier alpha value is -3.78. The number of aliphatic hydroxyl groups is 1. The third kappa shape index (κ3) is 6.33. The summed E-state index contributed by atoms with van der Waals surface area (Å²) >= 11 is 0. The normalized spacial score (nSPS) is 15.9. The zero-order valence-corrected chi connectivity index (χ0v) is 23.8. The maximum Gasteiger partial charge on any atom is 0.416 e. The number of H-pyrrole nitrogens is 1. The Labute approximate surface area is 240 Å². The van der Waals surface area contributed by atoms with Gasteiger partial charge in [0.25, 0.3) is 0 Å². The minimum absolute atomic E-state index is 0.0140. The lowest BCUT2D eigenvalue weighted by molar-refractivity contribution is -0.138. The highest BCUT2D eigenvalue weighted by atomic mass is 19.4. The quantitative estimate of drug-likeness (QED) is 0.190. The van der Waals surface area contributed by atoms with Crippen molar-refractivity contribution in [2.75, 3.05) is 52.6 Å². The first-order valence-corrected chi connectivity index (χ1v) is 13.4. The van der Waals surface area contributed by atoms with E-state index in [1.165, 1.54) is 23.1 Å². The summed E-state index contributed by atoms with van der Waals surface area (Å²) < 4.78 is 63.6. The van der Waals surface area contributed by atoms with E-state index in [2.05, 4.69) is 25.2 Å². The van der Waals surface area contributed by atoms with Gasteiger partial charge in [-0.25, -0.2) is 14.4 Å². The van der Waals surface area contributed by atoms with Crippen molar-refractivity contribution in [1.82, 2.24) is 29.7 Å². The lowest BCUT2D eigenvalue weighted by Crippen LogP contribution is -2.44. The molecule has 13 heteroatoms. The molecule has 4 aromatic rings. The maximum atomic E-state index is 15.3. The van der Waals surface area contributed by atoms with Gasteiger partial charge in [0.2, 0.25) is 5.88 Å². The zero-order valence-electron chi connectivity index (χ0n) is 23.8. The average molecular weight is 588 g/mol. The molecule has 1 unspecified atom stereocenters. The molecule has 1 atom stereocenters. The molecular formula is C29H33F4N7O2. The minimum Gasteiger partial charge on any atom is -0.435 e. The highest BCUT2D eigenvalue weighted by molar-refractivity contribution is 5.82. The number of alkyl halides is 3. The number of likely N-dealkylation sites (N-methyl/N-ethyl adjacent to an activating group) is 1. The first-order chi connectivity index (χ1) is 19.9. The highest BCUT2D eigenvalue weighted by Crippen LogP contribution is 2.39. The van der Waals surface area contributed by atoms with Gasteiger partial charge in [-0.05, 0) is 64.0 Å². The predicted molar refractivity (Wildman–Crippen MR) is 151 cm³/mol. The van der Waals surface area contributed by atoms with Gasteiger partial charge in [0.05, 0.1) is 5.56 Å². The number of halogens is 4. The molecule has 1 fully saturated rings. The molecule has 0 bridgehead atoms. The molecule has 1 aliphatic heterocycles. The van der Waals surface area contributed by atoms with E-state index in [1.54, 1.807) is 33.2 Å². The average Bonchev–Trinajstić information content (AvgIpc) is 3.32. The van der Waals surface area contributed by atoms with Crippen molar-refractivity contribution in [3.63, 3.8) is 0 Å². The number of anilines is 2. The Morgan fingerprint density at radius 3 is 2.52 bits per heavy atom. The number of ether oxygens (including phenoxy) is 1. The van der Waals surface area contributed by atoms with Gasteiger partial charge in [-0.2, -0.15) is 13.2 Å². The summed E-state index contributed by atoms with van der Waals surface area (Å²) in [6.07, 6.45) is -4.78. The van der Waals surface area contributed by atoms with Crippen LogP contribution in [0.15, 0.2) is 42.7 Å². The van der Waals surface area contributed by atoms with Gasteiger partial charge in [0.1, 0.15) is 23.9 Å². The molecule has 0 amide bonds. The van der Waals surface area contributed by atoms with Gasteiger partial charge < -0.3 is 25.0 Å². The van der Waals surface area contributed by atoms with E-state index in [4.69, 9.17) is 4.74 Å². The number of nitrogens with zero attached hydrogens (tertiary/aromatic N) is 5. The van der Waals surface area contributed by atoms with E-state index in [9.17, 15) is 18.3 Å². The Morgan fingerprint density at radius 1 is 1.10 bits per heavy atom. The first-order valence-electron chi connectivity index (χ1n) is 13.4. The van der Waals surface area contributed by atoms with E-state index in [0.29, 0.717) is 24.0 Å². The van der Waals surface area contributed by atoms with Gasteiger partial charge in [0, 0.05) is 55.0 Å². The monoisotopic (exact) mass is 587 g/mol. The van der Waals surface area contributed by atoms with E-state index in [0.717, 1.165) is 31.2 Å². The number of piperazine rings is 1. The highest BCUT2D eigenvalue weighted by Gasteiger charge is 2.34. The Kier molecular flexibility index (Phi) is 8.37. The van der Waals surface area contributed by atoms with Crippen LogP contribution in [0.5, 0.6) is 11.6 Å². The summed E-state index contributed by atoms with van der Waals surface area (Å²) in [4.78, 5) is 16.9. The third-order valence-corrected chi connectivity index (χ3v) is 7.31. The predicted octanol–water partition coefficient (Wildman–Crippen LogP) is 5.26. The van der Waals surface area contributed by atoms with Crippen molar-refractivity contribution in [2.24, 2.45) is 0 Å². The molecule has 2 aromatic carbocycles. The van der Waals surface area contributed by atoms with Crippen LogP contribution in [0.2, 0.25) is 0 Å². The lowest BCUT2D eigenvalue weighted by Gasteiger charge is -2.33. The van der Waals surface area contributed by atoms with Crippen molar-refractivity contribution < 1.29 is 27.4 Å². The Morgan fingerprint density at radius 2 is 1.83 bits per heavy atom. The van der Waals surface area contributed by atoms with Crippen LogP contribution < -0.4 is 10.1 Å². The molecule has 3 heterocycles. The molecule has 1 saturated heterocycles. The van der Waals surface area contributed by atoms with Crippen LogP contribution in [0.3, 0.4) is 0 Å². The van der Waals surface area contributed by atoms with Crippen LogP contribution >= 0.6 is 0 Å². The molecule has 224 valence electrons. The fourth-order valence-electron chi connectivity index (χ4n) is 4.96. The molecule has 0 radical (unpaired) electrons.